The van der Waals surface area contributed by atoms with E-state index in [1.807, 2.05) is 20.8 Å². The standard InChI is InChI=1S/C28H32N2O6/c1-5-14-28(4,18-36-26(34)22-12-8-20(9-13-22)24(30)32)16-15-27(2,3)17-35-25(33)21-10-6-19(7-11-21)23(29)31/h1,6-13H,14-18H2,2-4H3,(H2,29,31)(H2,30,32). The molecule has 0 heterocycles. The van der Waals surface area contributed by atoms with E-state index in [9.17, 15) is 19.2 Å². The lowest BCUT2D eigenvalue weighted by molar-refractivity contribution is 0.0188. The molecule has 0 bridgehead atoms. The Bertz CT molecular complexity index is 1150. The number of primary amides is 2. The van der Waals surface area contributed by atoms with Gasteiger partial charge in [-0.05, 0) is 66.8 Å². The molecule has 0 saturated heterocycles. The lowest BCUT2D eigenvalue weighted by Crippen LogP contribution is -2.29. The molecule has 2 rings (SSSR count). The summed E-state index contributed by atoms with van der Waals surface area (Å²) in [6, 6.07) is 11.8. The first-order valence-corrected chi connectivity index (χ1v) is 11.4. The molecule has 0 radical (unpaired) electrons. The van der Waals surface area contributed by atoms with Crippen LogP contribution in [0.25, 0.3) is 0 Å². The van der Waals surface area contributed by atoms with Gasteiger partial charge in [-0.2, -0.15) is 0 Å². The van der Waals surface area contributed by atoms with Gasteiger partial charge in [0, 0.05) is 23.0 Å². The van der Waals surface area contributed by atoms with E-state index in [1.165, 1.54) is 48.5 Å². The first kappa shape index (κ1) is 28.1. The normalized spacial score (nSPS) is 12.6. The summed E-state index contributed by atoms with van der Waals surface area (Å²) >= 11 is 0. The first-order chi connectivity index (χ1) is 16.9. The minimum absolute atomic E-state index is 0.107. The summed E-state index contributed by atoms with van der Waals surface area (Å²) in [4.78, 5) is 47.3. The SMILES string of the molecule is C#CCC(C)(CCC(C)(C)COC(=O)c1ccc(C(N)=O)cc1)COC(=O)c1ccc(C(N)=O)cc1. The Labute approximate surface area is 211 Å². The average molecular weight is 493 g/mol. The second-order valence-electron chi connectivity index (χ2n) is 9.89. The highest BCUT2D eigenvalue weighted by molar-refractivity contribution is 5.96. The van der Waals surface area contributed by atoms with Crippen LogP contribution in [0.4, 0.5) is 0 Å². The molecule has 2 amide bonds. The molecular weight excluding hydrogens is 460 g/mol. The Morgan fingerprint density at radius 1 is 0.722 bits per heavy atom. The number of hydrogen-bond acceptors (Lipinski definition) is 6. The van der Waals surface area contributed by atoms with Crippen molar-refractivity contribution in [2.24, 2.45) is 22.3 Å². The summed E-state index contributed by atoms with van der Waals surface area (Å²) in [5.41, 5.74) is 10.8. The van der Waals surface area contributed by atoms with Crippen LogP contribution in [0.5, 0.6) is 0 Å². The molecule has 4 N–H and O–H groups in total. The topological polar surface area (TPSA) is 139 Å². The van der Waals surface area contributed by atoms with Crippen molar-refractivity contribution in [1.29, 1.82) is 0 Å². The van der Waals surface area contributed by atoms with E-state index in [0.29, 0.717) is 41.5 Å². The van der Waals surface area contributed by atoms with Crippen molar-refractivity contribution in [3.8, 4) is 12.3 Å². The first-order valence-electron chi connectivity index (χ1n) is 11.4. The molecule has 2 aromatic rings. The zero-order valence-corrected chi connectivity index (χ0v) is 20.8. The summed E-state index contributed by atoms with van der Waals surface area (Å²) < 4.78 is 11.0. The quantitative estimate of drug-likeness (QED) is 0.342. The van der Waals surface area contributed by atoms with Gasteiger partial charge in [0.05, 0.1) is 24.3 Å². The number of terminal acetylenes is 1. The number of carbonyl (C=O) groups excluding carboxylic acids is 4. The Kier molecular flexibility index (Phi) is 9.39. The van der Waals surface area contributed by atoms with E-state index in [1.54, 1.807) is 0 Å². The van der Waals surface area contributed by atoms with Crippen LogP contribution in [0.1, 0.15) is 81.5 Å². The third-order valence-corrected chi connectivity index (χ3v) is 5.89. The van der Waals surface area contributed by atoms with Crippen LogP contribution in [0, 0.1) is 23.2 Å². The van der Waals surface area contributed by atoms with Gasteiger partial charge in [0.25, 0.3) is 0 Å². The van der Waals surface area contributed by atoms with Crippen LogP contribution in [0.3, 0.4) is 0 Å². The molecule has 0 aliphatic rings. The molecule has 0 aromatic heterocycles. The number of benzene rings is 2. The molecule has 36 heavy (non-hydrogen) atoms. The summed E-state index contributed by atoms with van der Waals surface area (Å²) in [6.07, 6.45) is 7.25. The van der Waals surface area contributed by atoms with Gasteiger partial charge in [0.1, 0.15) is 0 Å². The van der Waals surface area contributed by atoms with Crippen molar-refractivity contribution in [1.82, 2.24) is 0 Å². The predicted octanol–water partition coefficient (Wildman–Crippen LogP) is 3.73. The molecule has 2 aromatic carbocycles. The molecule has 0 fully saturated rings. The van der Waals surface area contributed by atoms with Gasteiger partial charge in [0.15, 0.2) is 0 Å². The Hall–Kier alpha value is -4.12. The molecular formula is C28H32N2O6. The van der Waals surface area contributed by atoms with Crippen LogP contribution in [0.2, 0.25) is 0 Å². The number of hydrogen-bond donors (Lipinski definition) is 2. The van der Waals surface area contributed by atoms with Crippen molar-refractivity contribution >= 4 is 23.8 Å². The molecule has 8 nitrogen and oxygen atoms in total. The lowest BCUT2D eigenvalue weighted by Gasteiger charge is -2.32. The largest absolute Gasteiger partial charge is 0.462 e. The second-order valence-corrected chi connectivity index (χ2v) is 9.89. The third-order valence-electron chi connectivity index (χ3n) is 5.89. The molecule has 0 aliphatic heterocycles. The molecule has 1 atom stereocenters. The average Bonchev–Trinajstić information content (AvgIpc) is 2.85. The summed E-state index contributed by atoms with van der Waals surface area (Å²) in [5, 5.41) is 0. The maximum absolute atomic E-state index is 12.5. The van der Waals surface area contributed by atoms with Crippen molar-refractivity contribution in [2.75, 3.05) is 13.2 Å². The van der Waals surface area contributed by atoms with Crippen LogP contribution in [-0.4, -0.2) is 37.0 Å². The van der Waals surface area contributed by atoms with E-state index in [0.717, 1.165) is 0 Å². The highest BCUT2D eigenvalue weighted by atomic mass is 16.5. The Morgan fingerprint density at radius 3 is 1.50 bits per heavy atom. The number of amides is 2. The molecule has 190 valence electrons. The van der Waals surface area contributed by atoms with Crippen molar-refractivity contribution < 1.29 is 28.7 Å². The van der Waals surface area contributed by atoms with Crippen LogP contribution >= 0.6 is 0 Å². The maximum atomic E-state index is 12.5. The Balaban J connectivity index is 1.92. The van der Waals surface area contributed by atoms with Gasteiger partial charge in [-0.15, -0.1) is 12.3 Å². The zero-order chi connectivity index (χ0) is 26.9. The number of rotatable bonds is 12. The minimum Gasteiger partial charge on any atom is -0.462 e. The fourth-order valence-corrected chi connectivity index (χ4v) is 3.38. The molecule has 1 unspecified atom stereocenters. The van der Waals surface area contributed by atoms with Gasteiger partial charge in [0.2, 0.25) is 11.8 Å². The predicted molar refractivity (Wildman–Crippen MR) is 135 cm³/mol. The van der Waals surface area contributed by atoms with Gasteiger partial charge in [-0.3, -0.25) is 9.59 Å². The number of nitrogens with two attached hydrogens (primary N) is 2. The zero-order valence-electron chi connectivity index (χ0n) is 20.8. The fraction of sp³-hybridized carbons (Fsp3) is 0.357. The van der Waals surface area contributed by atoms with Crippen molar-refractivity contribution in [3.63, 3.8) is 0 Å². The van der Waals surface area contributed by atoms with E-state index < -0.39 is 29.2 Å². The maximum Gasteiger partial charge on any atom is 0.338 e. The monoisotopic (exact) mass is 492 g/mol. The highest BCUT2D eigenvalue weighted by Crippen LogP contribution is 2.34. The third kappa shape index (κ3) is 8.27. The molecule has 0 spiro atoms. The number of carbonyl (C=O) groups is 4. The highest BCUT2D eigenvalue weighted by Gasteiger charge is 2.30. The Morgan fingerprint density at radius 2 is 1.11 bits per heavy atom. The van der Waals surface area contributed by atoms with Crippen LogP contribution in [-0.2, 0) is 9.47 Å². The van der Waals surface area contributed by atoms with Gasteiger partial charge in [-0.1, -0.05) is 20.8 Å². The van der Waals surface area contributed by atoms with Gasteiger partial charge >= 0.3 is 11.9 Å². The van der Waals surface area contributed by atoms with E-state index in [4.69, 9.17) is 27.4 Å². The molecule has 0 aliphatic carbocycles. The fourth-order valence-electron chi connectivity index (χ4n) is 3.38. The minimum atomic E-state index is -0.578. The summed E-state index contributed by atoms with van der Waals surface area (Å²) in [7, 11) is 0. The lowest BCUT2D eigenvalue weighted by atomic mass is 9.77. The second kappa shape index (κ2) is 12.0. The van der Waals surface area contributed by atoms with E-state index in [2.05, 4.69) is 5.92 Å². The van der Waals surface area contributed by atoms with E-state index >= 15 is 0 Å². The molecule has 8 heteroatoms. The number of esters is 2. The summed E-state index contributed by atoms with van der Waals surface area (Å²) in [6.45, 7) is 6.16. The van der Waals surface area contributed by atoms with Gasteiger partial charge < -0.3 is 20.9 Å². The van der Waals surface area contributed by atoms with Gasteiger partial charge in [-0.25, -0.2) is 9.59 Å². The number of ether oxygens (including phenoxy) is 2. The summed E-state index contributed by atoms with van der Waals surface area (Å²) in [5.74, 6) is 0.480. The van der Waals surface area contributed by atoms with Crippen LogP contribution in [0.15, 0.2) is 48.5 Å². The molecule has 0 saturated carbocycles. The van der Waals surface area contributed by atoms with Crippen molar-refractivity contribution in [3.05, 3.63) is 70.8 Å². The van der Waals surface area contributed by atoms with Crippen LogP contribution < -0.4 is 11.5 Å². The van der Waals surface area contributed by atoms with Crippen molar-refractivity contribution in [2.45, 2.75) is 40.0 Å². The smallest absolute Gasteiger partial charge is 0.338 e. The van der Waals surface area contributed by atoms with E-state index in [-0.39, 0.29) is 18.6 Å².